The van der Waals surface area contributed by atoms with Gasteiger partial charge in [-0.3, -0.25) is 0 Å². The van der Waals surface area contributed by atoms with Gasteiger partial charge in [-0.2, -0.15) is 0 Å². The Morgan fingerprint density at radius 3 is 2.00 bits per heavy atom. The number of aliphatic hydroxyl groups is 8. The van der Waals surface area contributed by atoms with Gasteiger partial charge in [-0.25, -0.2) is 0 Å². The summed E-state index contributed by atoms with van der Waals surface area (Å²) in [5.74, 6) is 0. The lowest BCUT2D eigenvalue weighted by molar-refractivity contribution is -0.365. The fraction of sp³-hybridized carbons (Fsp3) is 1.00. The van der Waals surface area contributed by atoms with Gasteiger partial charge in [-0.15, -0.1) is 0 Å². The summed E-state index contributed by atoms with van der Waals surface area (Å²) < 4.78 is 10.1. The molecule has 0 aliphatic carbocycles. The fourth-order valence-corrected chi connectivity index (χ4v) is 2.95. The van der Waals surface area contributed by atoms with Gasteiger partial charge in [0.1, 0.15) is 42.7 Å². The molecule has 130 valence electrons. The Bertz CT molecular complexity index is 390. The van der Waals surface area contributed by atoms with E-state index in [2.05, 4.69) is 0 Å². The molecule has 2 aliphatic heterocycles. The Morgan fingerprint density at radius 1 is 0.864 bits per heavy atom. The summed E-state index contributed by atoms with van der Waals surface area (Å²) in [6.07, 6.45) is -15.1. The molecule has 22 heavy (non-hydrogen) atoms. The molecule has 10 atom stereocenters. The molecular weight excluding hydrogens is 304 g/mol. The van der Waals surface area contributed by atoms with Gasteiger partial charge in [0.2, 0.25) is 0 Å². The monoisotopic (exact) mass is 326 g/mol. The Labute approximate surface area is 125 Å². The summed E-state index contributed by atoms with van der Waals surface area (Å²) in [5, 5.41) is 78.7. The van der Waals surface area contributed by atoms with Crippen molar-refractivity contribution in [2.75, 3.05) is 6.61 Å². The smallest absolute Gasteiger partial charge is 0.184 e. The normalized spacial score (nSPS) is 56.9. The number of hydrogen-bond acceptors (Lipinski definition) is 10. The predicted octanol–water partition coefficient (Wildman–Crippen LogP) is -4.98. The van der Waals surface area contributed by atoms with Crippen molar-refractivity contribution in [3.05, 3.63) is 0 Å². The Kier molecular flexibility index (Phi) is 5.09. The SMILES string of the molecule is C[C@H]1O[C@@H]([C@]2(O)[C@H](O)[C@@H](O)[C@@H](O)O[C@@H]2CO)[C@H](O)[C@@H](O)[C@@H]1O. The molecule has 2 fully saturated rings. The number of ether oxygens (including phenoxy) is 2. The molecule has 8 N–H and O–H groups in total. The first-order valence-electron chi connectivity index (χ1n) is 6.88. The number of rotatable bonds is 2. The van der Waals surface area contributed by atoms with Crippen LogP contribution in [0, 0.1) is 0 Å². The van der Waals surface area contributed by atoms with Gasteiger partial charge >= 0.3 is 0 Å². The van der Waals surface area contributed by atoms with Crippen LogP contribution in [0.3, 0.4) is 0 Å². The zero-order chi connectivity index (χ0) is 16.8. The van der Waals surface area contributed by atoms with Gasteiger partial charge in [0, 0.05) is 0 Å². The molecule has 0 unspecified atom stereocenters. The second-order valence-corrected chi connectivity index (χ2v) is 5.75. The topological polar surface area (TPSA) is 180 Å². The highest BCUT2D eigenvalue weighted by atomic mass is 16.6. The van der Waals surface area contributed by atoms with Crippen LogP contribution >= 0.6 is 0 Å². The lowest BCUT2D eigenvalue weighted by Gasteiger charge is -2.53. The van der Waals surface area contributed by atoms with Crippen LogP contribution in [0.1, 0.15) is 6.92 Å². The van der Waals surface area contributed by atoms with E-state index < -0.39 is 67.3 Å². The largest absolute Gasteiger partial charge is 0.394 e. The summed E-state index contributed by atoms with van der Waals surface area (Å²) in [5.41, 5.74) is -2.53. The third kappa shape index (κ3) is 2.55. The Balaban J connectivity index is 2.37. The second-order valence-electron chi connectivity index (χ2n) is 5.75. The van der Waals surface area contributed by atoms with E-state index >= 15 is 0 Å². The Morgan fingerprint density at radius 2 is 1.45 bits per heavy atom. The van der Waals surface area contributed by atoms with E-state index in [0.29, 0.717) is 0 Å². The molecule has 0 saturated carbocycles. The van der Waals surface area contributed by atoms with Crippen LogP contribution in [-0.4, -0.2) is 108 Å². The van der Waals surface area contributed by atoms with Crippen LogP contribution in [0.25, 0.3) is 0 Å². The zero-order valence-electron chi connectivity index (χ0n) is 11.8. The molecule has 0 radical (unpaired) electrons. The average molecular weight is 326 g/mol. The summed E-state index contributed by atoms with van der Waals surface area (Å²) in [6.45, 7) is 0.502. The van der Waals surface area contributed by atoms with Crippen LogP contribution in [0.15, 0.2) is 0 Å². The van der Waals surface area contributed by atoms with Crippen molar-refractivity contribution >= 4 is 0 Å². The first-order valence-corrected chi connectivity index (χ1v) is 6.88. The van der Waals surface area contributed by atoms with Crippen LogP contribution in [-0.2, 0) is 9.47 Å². The Hall–Kier alpha value is -0.400. The number of aliphatic hydroxyl groups excluding tert-OH is 7. The van der Waals surface area contributed by atoms with Gasteiger partial charge in [-0.1, -0.05) is 0 Å². The van der Waals surface area contributed by atoms with E-state index in [-0.39, 0.29) is 0 Å². The first kappa shape index (κ1) is 17.9. The van der Waals surface area contributed by atoms with Gasteiger partial charge in [0.25, 0.3) is 0 Å². The van der Waals surface area contributed by atoms with Gasteiger partial charge in [-0.05, 0) is 6.92 Å². The highest BCUT2D eigenvalue weighted by molar-refractivity contribution is 5.11. The van der Waals surface area contributed by atoms with E-state index in [9.17, 15) is 40.9 Å². The van der Waals surface area contributed by atoms with Crippen molar-refractivity contribution in [1.82, 2.24) is 0 Å². The molecule has 2 aliphatic rings. The molecule has 0 aromatic heterocycles. The van der Waals surface area contributed by atoms with Crippen LogP contribution in [0.2, 0.25) is 0 Å². The molecule has 0 aromatic rings. The van der Waals surface area contributed by atoms with Crippen molar-refractivity contribution in [1.29, 1.82) is 0 Å². The van der Waals surface area contributed by atoms with Crippen molar-refractivity contribution in [2.24, 2.45) is 0 Å². The summed E-state index contributed by atoms with van der Waals surface area (Å²) in [7, 11) is 0. The molecule has 0 aromatic carbocycles. The molecule has 2 saturated heterocycles. The molecule has 0 bridgehead atoms. The molecule has 2 heterocycles. The third-order valence-electron chi connectivity index (χ3n) is 4.38. The lowest BCUT2D eigenvalue weighted by Crippen LogP contribution is -2.76. The molecular formula is C12H22O10. The second kappa shape index (κ2) is 6.24. The van der Waals surface area contributed by atoms with E-state index in [1.54, 1.807) is 0 Å². The van der Waals surface area contributed by atoms with Crippen molar-refractivity contribution in [3.8, 4) is 0 Å². The fourth-order valence-electron chi connectivity index (χ4n) is 2.95. The van der Waals surface area contributed by atoms with Gasteiger partial charge in [0.05, 0.1) is 12.7 Å². The summed E-state index contributed by atoms with van der Waals surface area (Å²) >= 11 is 0. The van der Waals surface area contributed by atoms with Crippen molar-refractivity contribution in [2.45, 2.75) is 67.6 Å². The predicted molar refractivity (Wildman–Crippen MR) is 67.3 cm³/mol. The van der Waals surface area contributed by atoms with Crippen LogP contribution in [0.4, 0.5) is 0 Å². The maximum Gasteiger partial charge on any atom is 0.184 e. The van der Waals surface area contributed by atoms with E-state index in [4.69, 9.17) is 9.47 Å². The van der Waals surface area contributed by atoms with Crippen LogP contribution < -0.4 is 0 Å². The van der Waals surface area contributed by atoms with E-state index in [0.717, 1.165) is 0 Å². The summed E-state index contributed by atoms with van der Waals surface area (Å²) in [4.78, 5) is 0. The quantitative estimate of drug-likeness (QED) is 0.245. The standard InChI is InChI=1S/C12H22O10/c1-3-5(14)6(15)7(16)10(21-3)12(20)4(2-13)22-11(19)8(17)9(12)18/h3-11,13-20H,2H2,1H3/t3-,4-,5-,6+,7-,8-,9-,10-,11+,12-/m1/s1. The zero-order valence-corrected chi connectivity index (χ0v) is 11.8. The van der Waals surface area contributed by atoms with Crippen molar-refractivity contribution in [3.63, 3.8) is 0 Å². The van der Waals surface area contributed by atoms with E-state index in [1.165, 1.54) is 6.92 Å². The summed E-state index contributed by atoms with van der Waals surface area (Å²) in [6, 6.07) is 0. The molecule has 10 nitrogen and oxygen atoms in total. The van der Waals surface area contributed by atoms with Crippen molar-refractivity contribution < 1.29 is 50.3 Å². The minimum absolute atomic E-state index is 0.864. The minimum Gasteiger partial charge on any atom is -0.394 e. The minimum atomic E-state index is -2.53. The average Bonchev–Trinajstić information content (AvgIpc) is 2.50. The highest BCUT2D eigenvalue weighted by Crippen LogP contribution is 2.38. The number of hydrogen-bond donors (Lipinski definition) is 8. The molecule has 0 amide bonds. The van der Waals surface area contributed by atoms with Gasteiger partial charge in [0.15, 0.2) is 11.9 Å². The maximum absolute atomic E-state index is 10.7. The highest BCUT2D eigenvalue weighted by Gasteiger charge is 2.63. The first-order chi connectivity index (χ1) is 10.2. The van der Waals surface area contributed by atoms with E-state index in [1.807, 2.05) is 0 Å². The maximum atomic E-state index is 10.7. The van der Waals surface area contributed by atoms with Gasteiger partial charge < -0.3 is 50.3 Å². The molecule has 2 rings (SSSR count). The molecule has 0 spiro atoms. The third-order valence-corrected chi connectivity index (χ3v) is 4.38. The lowest BCUT2D eigenvalue weighted by atomic mass is 9.75. The van der Waals surface area contributed by atoms with Crippen LogP contribution in [0.5, 0.6) is 0 Å². The molecule has 10 heteroatoms.